The van der Waals surface area contributed by atoms with Crippen LogP contribution in [0.4, 0.5) is 4.39 Å². The van der Waals surface area contributed by atoms with Crippen LogP contribution in [-0.4, -0.2) is 18.5 Å². The highest BCUT2D eigenvalue weighted by atomic mass is 19.1. The Kier molecular flexibility index (Phi) is 5.46. The lowest BCUT2D eigenvalue weighted by Gasteiger charge is -2.17. The summed E-state index contributed by atoms with van der Waals surface area (Å²) in [5, 5.41) is 2.92. The van der Waals surface area contributed by atoms with Crippen molar-refractivity contribution in [3.8, 4) is 0 Å². The fourth-order valence-electron chi connectivity index (χ4n) is 2.16. The Morgan fingerprint density at radius 1 is 1.05 bits per heavy atom. The molecule has 0 spiro atoms. The lowest BCUT2D eigenvalue weighted by atomic mass is 10.1. The number of hydrogen-bond acceptors (Lipinski definition) is 2. The van der Waals surface area contributed by atoms with Gasteiger partial charge in [0, 0.05) is 12.6 Å². The molecule has 3 nitrogen and oxygen atoms in total. The van der Waals surface area contributed by atoms with Gasteiger partial charge in [0.1, 0.15) is 5.82 Å². The molecular formula is C17H19FN2O. The molecule has 0 saturated heterocycles. The van der Waals surface area contributed by atoms with Gasteiger partial charge in [-0.2, -0.15) is 0 Å². The predicted octanol–water partition coefficient (Wildman–Crippen LogP) is 2.05. The molecule has 0 aliphatic carbocycles. The van der Waals surface area contributed by atoms with Gasteiger partial charge in [-0.15, -0.1) is 0 Å². The summed E-state index contributed by atoms with van der Waals surface area (Å²) in [6.45, 7) is 0.379. The summed E-state index contributed by atoms with van der Waals surface area (Å²) in [7, 11) is 0. The van der Waals surface area contributed by atoms with Crippen molar-refractivity contribution in [2.24, 2.45) is 5.73 Å². The van der Waals surface area contributed by atoms with Crippen LogP contribution in [-0.2, 0) is 17.6 Å². The number of halogens is 1. The van der Waals surface area contributed by atoms with Gasteiger partial charge in [0.25, 0.3) is 0 Å². The summed E-state index contributed by atoms with van der Waals surface area (Å²) in [6, 6.07) is 15.7. The Balaban J connectivity index is 1.89. The molecule has 21 heavy (non-hydrogen) atoms. The first kappa shape index (κ1) is 15.2. The van der Waals surface area contributed by atoms with E-state index in [4.69, 9.17) is 5.73 Å². The molecule has 1 amide bonds. The largest absolute Gasteiger partial charge is 0.351 e. The number of carbonyl (C=O) groups excluding carboxylic acids is 1. The van der Waals surface area contributed by atoms with Crippen molar-refractivity contribution in [1.29, 1.82) is 0 Å². The van der Waals surface area contributed by atoms with Crippen molar-refractivity contribution in [3.05, 3.63) is 71.5 Å². The summed E-state index contributed by atoms with van der Waals surface area (Å²) >= 11 is 0. The summed E-state index contributed by atoms with van der Waals surface area (Å²) in [5.41, 5.74) is 7.63. The van der Waals surface area contributed by atoms with Crippen LogP contribution in [0, 0.1) is 5.82 Å². The van der Waals surface area contributed by atoms with E-state index < -0.39 is 0 Å². The van der Waals surface area contributed by atoms with Crippen molar-refractivity contribution in [2.75, 3.05) is 6.54 Å². The van der Waals surface area contributed by atoms with Crippen LogP contribution in [0.5, 0.6) is 0 Å². The smallest absolute Gasteiger partial charge is 0.224 e. The fraction of sp³-hybridized carbons (Fsp3) is 0.235. The summed E-state index contributed by atoms with van der Waals surface area (Å²) < 4.78 is 12.8. The van der Waals surface area contributed by atoms with E-state index in [2.05, 4.69) is 5.32 Å². The van der Waals surface area contributed by atoms with Gasteiger partial charge >= 0.3 is 0 Å². The molecule has 1 unspecified atom stereocenters. The second-order valence-corrected chi connectivity index (χ2v) is 4.99. The van der Waals surface area contributed by atoms with Gasteiger partial charge in [-0.25, -0.2) is 4.39 Å². The van der Waals surface area contributed by atoms with E-state index in [1.165, 1.54) is 12.1 Å². The Morgan fingerprint density at radius 2 is 1.71 bits per heavy atom. The molecule has 0 fully saturated rings. The average molecular weight is 286 g/mol. The Bertz CT molecular complexity index is 569. The second kappa shape index (κ2) is 7.55. The Labute approximate surface area is 124 Å². The zero-order chi connectivity index (χ0) is 15.1. The van der Waals surface area contributed by atoms with Gasteiger partial charge in [0.05, 0.1) is 6.42 Å². The molecule has 0 saturated carbocycles. The number of amides is 1. The van der Waals surface area contributed by atoms with Crippen LogP contribution in [0.1, 0.15) is 11.1 Å². The zero-order valence-corrected chi connectivity index (χ0v) is 11.8. The van der Waals surface area contributed by atoms with Gasteiger partial charge in [-0.1, -0.05) is 42.5 Å². The second-order valence-electron chi connectivity index (χ2n) is 4.99. The molecule has 1 atom stereocenters. The molecular weight excluding hydrogens is 267 g/mol. The van der Waals surface area contributed by atoms with Crippen molar-refractivity contribution in [3.63, 3.8) is 0 Å². The van der Waals surface area contributed by atoms with Gasteiger partial charge in [-0.05, 0) is 29.7 Å². The van der Waals surface area contributed by atoms with E-state index in [1.54, 1.807) is 12.1 Å². The first-order valence-electron chi connectivity index (χ1n) is 6.95. The van der Waals surface area contributed by atoms with Gasteiger partial charge in [0.2, 0.25) is 5.91 Å². The van der Waals surface area contributed by atoms with Crippen LogP contribution < -0.4 is 11.1 Å². The van der Waals surface area contributed by atoms with Gasteiger partial charge in [0.15, 0.2) is 0 Å². The lowest BCUT2D eigenvalue weighted by Crippen LogP contribution is -2.42. The minimum atomic E-state index is -0.303. The first-order chi connectivity index (χ1) is 10.2. The van der Waals surface area contributed by atoms with Crippen LogP contribution in [0.2, 0.25) is 0 Å². The highest BCUT2D eigenvalue weighted by molar-refractivity contribution is 5.78. The minimum absolute atomic E-state index is 0.0969. The van der Waals surface area contributed by atoms with Crippen molar-refractivity contribution in [2.45, 2.75) is 18.9 Å². The van der Waals surface area contributed by atoms with Crippen molar-refractivity contribution < 1.29 is 9.18 Å². The number of hydrogen-bond donors (Lipinski definition) is 2. The molecule has 0 bridgehead atoms. The quantitative estimate of drug-likeness (QED) is 0.854. The molecule has 0 aliphatic rings. The van der Waals surface area contributed by atoms with Crippen LogP contribution in [0.15, 0.2) is 54.6 Å². The molecule has 4 heteroatoms. The summed E-state index contributed by atoms with van der Waals surface area (Å²) in [6.07, 6.45) is 0.929. The SMILES string of the molecule is NCC(Cc1ccccc1)NC(=O)Cc1ccc(F)cc1. The van der Waals surface area contributed by atoms with Crippen LogP contribution >= 0.6 is 0 Å². The summed E-state index contributed by atoms with van der Waals surface area (Å²) in [4.78, 5) is 12.0. The average Bonchev–Trinajstić information content (AvgIpc) is 2.50. The number of nitrogens with one attached hydrogen (secondary N) is 1. The molecule has 110 valence electrons. The van der Waals surface area contributed by atoms with E-state index in [0.717, 1.165) is 11.1 Å². The molecule has 0 aromatic heterocycles. The molecule has 0 radical (unpaired) electrons. The van der Waals surface area contributed by atoms with E-state index in [-0.39, 0.29) is 24.2 Å². The van der Waals surface area contributed by atoms with E-state index >= 15 is 0 Å². The van der Waals surface area contributed by atoms with Gasteiger partial charge < -0.3 is 11.1 Å². The Morgan fingerprint density at radius 3 is 2.33 bits per heavy atom. The maximum atomic E-state index is 12.8. The minimum Gasteiger partial charge on any atom is -0.351 e. The highest BCUT2D eigenvalue weighted by Crippen LogP contribution is 2.05. The van der Waals surface area contributed by atoms with E-state index in [1.807, 2.05) is 30.3 Å². The van der Waals surface area contributed by atoms with Crippen molar-refractivity contribution >= 4 is 5.91 Å². The lowest BCUT2D eigenvalue weighted by molar-refractivity contribution is -0.121. The van der Waals surface area contributed by atoms with Crippen molar-refractivity contribution in [1.82, 2.24) is 5.32 Å². The number of nitrogens with two attached hydrogens (primary N) is 1. The third-order valence-corrected chi connectivity index (χ3v) is 3.25. The fourth-order valence-corrected chi connectivity index (χ4v) is 2.16. The van der Waals surface area contributed by atoms with E-state index in [0.29, 0.717) is 13.0 Å². The van der Waals surface area contributed by atoms with Crippen LogP contribution in [0.25, 0.3) is 0 Å². The number of benzene rings is 2. The molecule has 2 aromatic carbocycles. The Hall–Kier alpha value is -2.20. The monoisotopic (exact) mass is 286 g/mol. The highest BCUT2D eigenvalue weighted by Gasteiger charge is 2.12. The standard InChI is InChI=1S/C17H19FN2O/c18-15-8-6-14(7-9-15)11-17(21)20-16(12-19)10-13-4-2-1-3-5-13/h1-9,16H,10-12,19H2,(H,20,21). The third-order valence-electron chi connectivity index (χ3n) is 3.25. The predicted molar refractivity (Wildman–Crippen MR) is 81.2 cm³/mol. The van der Waals surface area contributed by atoms with Crippen LogP contribution in [0.3, 0.4) is 0 Å². The summed E-state index contributed by atoms with van der Waals surface area (Å²) in [5.74, 6) is -0.406. The zero-order valence-electron chi connectivity index (χ0n) is 11.8. The molecule has 0 heterocycles. The third kappa shape index (κ3) is 5.00. The normalized spacial score (nSPS) is 11.9. The topological polar surface area (TPSA) is 55.1 Å². The molecule has 2 aromatic rings. The number of carbonyl (C=O) groups is 1. The van der Waals surface area contributed by atoms with Gasteiger partial charge in [-0.3, -0.25) is 4.79 Å². The first-order valence-corrected chi connectivity index (χ1v) is 6.95. The molecule has 2 rings (SSSR count). The molecule has 3 N–H and O–H groups in total. The van der Waals surface area contributed by atoms with E-state index in [9.17, 15) is 9.18 Å². The maximum Gasteiger partial charge on any atom is 0.224 e. The number of rotatable bonds is 6. The molecule has 0 aliphatic heterocycles. The maximum absolute atomic E-state index is 12.8.